The van der Waals surface area contributed by atoms with E-state index in [9.17, 15) is 0 Å². The molecule has 0 N–H and O–H groups in total. The molecule has 0 bridgehead atoms. The lowest BCUT2D eigenvalue weighted by Crippen LogP contribution is -2.29. The third-order valence-corrected chi connectivity index (χ3v) is 6.46. The molecule has 1 heteroatoms. The second kappa shape index (κ2) is 5.71. The van der Waals surface area contributed by atoms with Crippen molar-refractivity contribution in [3.05, 3.63) is 68.2 Å². The summed E-state index contributed by atoms with van der Waals surface area (Å²) in [4.78, 5) is 0. The molecule has 1 aliphatic carbocycles. The quantitative estimate of drug-likeness (QED) is 0.437. The molecule has 0 spiro atoms. The van der Waals surface area contributed by atoms with Gasteiger partial charge in [-0.3, -0.25) is 0 Å². The zero-order valence-electron chi connectivity index (χ0n) is 17.0. The lowest BCUT2D eigenvalue weighted by atomic mass is 9.66. The summed E-state index contributed by atoms with van der Waals surface area (Å²) < 4.78 is 1.26. The van der Waals surface area contributed by atoms with Crippen molar-refractivity contribution < 1.29 is 0 Å². The van der Waals surface area contributed by atoms with Crippen LogP contribution in [0, 0.1) is 0 Å². The molecule has 1 aliphatic rings. The maximum absolute atomic E-state index is 3.88. The van der Waals surface area contributed by atoms with Crippen molar-refractivity contribution in [1.29, 1.82) is 0 Å². The summed E-state index contributed by atoms with van der Waals surface area (Å²) in [6.45, 7) is 18.5. The van der Waals surface area contributed by atoms with Gasteiger partial charge in [0.1, 0.15) is 0 Å². The first kappa shape index (κ1) is 18.7. The normalized spacial score (nSPS) is 16.4. The molecule has 0 unspecified atom stereocenters. The van der Waals surface area contributed by atoms with E-state index in [4.69, 9.17) is 0 Å². The lowest BCUT2D eigenvalue weighted by molar-refractivity contribution is 0.565. The molecular weight excluding hydrogens is 368 g/mol. The van der Waals surface area contributed by atoms with Crippen LogP contribution in [0.5, 0.6) is 0 Å². The average molecular weight is 399 g/mol. The Morgan fingerprint density at radius 1 is 0.800 bits per heavy atom. The van der Waals surface area contributed by atoms with Gasteiger partial charge in [-0.1, -0.05) is 95.6 Å². The van der Waals surface area contributed by atoms with E-state index in [1.165, 1.54) is 37.9 Å². The van der Waals surface area contributed by atoms with Crippen molar-refractivity contribution >= 4 is 15.9 Å². The maximum Gasteiger partial charge on any atom is 0.0216 e. The van der Waals surface area contributed by atoms with Crippen LogP contribution in [0.25, 0.3) is 0 Å². The Morgan fingerprint density at radius 3 is 1.92 bits per heavy atom. The first-order chi connectivity index (χ1) is 11.3. The van der Waals surface area contributed by atoms with Crippen LogP contribution >= 0.6 is 15.9 Å². The molecule has 0 saturated heterocycles. The first-order valence-corrected chi connectivity index (χ1v) is 10.1. The highest BCUT2D eigenvalue weighted by Crippen LogP contribution is 2.46. The van der Waals surface area contributed by atoms with Crippen LogP contribution in [-0.2, 0) is 22.7 Å². The Bertz CT molecular complexity index is 826. The van der Waals surface area contributed by atoms with Gasteiger partial charge in [0.2, 0.25) is 0 Å². The Hall–Kier alpha value is -1.08. The molecule has 0 atom stereocenters. The minimum absolute atomic E-state index is 0.0218. The first-order valence-electron chi connectivity index (χ1n) is 9.29. The summed E-state index contributed by atoms with van der Waals surface area (Å²) in [5.74, 6) is 0. The van der Waals surface area contributed by atoms with Gasteiger partial charge in [-0.15, -0.1) is 0 Å². The van der Waals surface area contributed by atoms with Crippen molar-refractivity contribution in [2.24, 2.45) is 0 Å². The fourth-order valence-electron chi connectivity index (χ4n) is 3.92. The van der Waals surface area contributed by atoms with E-state index in [2.05, 4.69) is 102 Å². The molecule has 2 aromatic carbocycles. The highest BCUT2D eigenvalue weighted by molar-refractivity contribution is 9.10. The molecule has 0 aromatic heterocycles. The predicted molar refractivity (Wildman–Crippen MR) is 113 cm³/mol. The summed E-state index contributed by atoms with van der Waals surface area (Å²) >= 11 is 3.88. The van der Waals surface area contributed by atoms with Crippen molar-refractivity contribution in [1.82, 2.24) is 0 Å². The molecule has 0 radical (unpaired) electrons. The zero-order valence-corrected chi connectivity index (χ0v) is 18.6. The van der Waals surface area contributed by atoms with E-state index in [0.29, 0.717) is 0 Å². The Morgan fingerprint density at radius 2 is 1.36 bits per heavy atom. The molecule has 0 saturated carbocycles. The van der Waals surface area contributed by atoms with Gasteiger partial charge in [-0.05, 0) is 56.7 Å². The summed E-state index contributed by atoms with van der Waals surface area (Å²) in [6, 6.07) is 11.9. The highest BCUT2D eigenvalue weighted by atomic mass is 79.9. The van der Waals surface area contributed by atoms with Gasteiger partial charge in [0.15, 0.2) is 0 Å². The minimum atomic E-state index is 0.0218. The summed E-state index contributed by atoms with van der Waals surface area (Å²) in [5.41, 5.74) is 9.07. The van der Waals surface area contributed by atoms with E-state index >= 15 is 0 Å². The number of fused-ring (bicyclic) bond motifs is 2. The number of hydrogen-bond donors (Lipinski definition) is 0. The maximum atomic E-state index is 3.88. The van der Waals surface area contributed by atoms with Crippen LogP contribution in [0.2, 0.25) is 0 Å². The topological polar surface area (TPSA) is 0 Å². The van der Waals surface area contributed by atoms with Crippen molar-refractivity contribution in [3.8, 4) is 0 Å². The summed E-state index contributed by atoms with van der Waals surface area (Å²) in [5, 5.41) is 0. The van der Waals surface area contributed by atoms with Gasteiger partial charge < -0.3 is 0 Å². The van der Waals surface area contributed by atoms with E-state index in [0.717, 1.165) is 6.42 Å². The average Bonchev–Trinajstić information content (AvgIpc) is 2.46. The summed E-state index contributed by atoms with van der Waals surface area (Å²) in [6.07, 6.45) is 1.02. The largest absolute Gasteiger partial charge is 0.0582 e. The smallest absolute Gasteiger partial charge is 0.0216 e. The third-order valence-electron chi connectivity index (χ3n) is 5.75. The van der Waals surface area contributed by atoms with E-state index < -0.39 is 0 Å². The van der Waals surface area contributed by atoms with Crippen LogP contribution < -0.4 is 0 Å². The SMILES string of the molecule is CC(C)(C)c1ccc2c(c1)C(C)(C)c1cc(C(C)(C)C)cc(Br)c1C2. The van der Waals surface area contributed by atoms with E-state index in [1.54, 1.807) is 0 Å². The minimum Gasteiger partial charge on any atom is -0.0582 e. The third kappa shape index (κ3) is 3.21. The van der Waals surface area contributed by atoms with E-state index in [1.807, 2.05) is 0 Å². The molecule has 25 heavy (non-hydrogen) atoms. The van der Waals surface area contributed by atoms with Gasteiger partial charge >= 0.3 is 0 Å². The van der Waals surface area contributed by atoms with Crippen LogP contribution in [0.4, 0.5) is 0 Å². The predicted octanol–water partition coefficient (Wildman–Crippen LogP) is 7.27. The number of rotatable bonds is 0. The lowest BCUT2D eigenvalue weighted by Gasteiger charge is -2.38. The van der Waals surface area contributed by atoms with Gasteiger partial charge in [-0.2, -0.15) is 0 Å². The molecular formula is C24H31Br. The monoisotopic (exact) mass is 398 g/mol. The Labute approximate surface area is 162 Å². The molecule has 0 heterocycles. The number of benzene rings is 2. The van der Waals surface area contributed by atoms with Gasteiger partial charge in [0.25, 0.3) is 0 Å². The van der Waals surface area contributed by atoms with Gasteiger partial charge in [0.05, 0.1) is 0 Å². The van der Waals surface area contributed by atoms with Crippen LogP contribution in [0.3, 0.4) is 0 Å². The molecule has 0 aliphatic heterocycles. The van der Waals surface area contributed by atoms with E-state index in [-0.39, 0.29) is 16.2 Å². The van der Waals surface area contributed by atoms with Crippen LogP contribution in [0.15, 0.2) is 34.8 Å². The molecule has 3 rings (SSSR count). The highest BCUT2D eigenvalue weighted by Gasteiger charge is 2.35. The molecule has 0 nitrogen and oxygen atoms in total. The second-order valence-corrected chi connectivity index (χ2v) is 11.0. The molecule has 0 fully saturated rings. The number of hydrogen-bond acceptors (Lipinski definition) is 0. The summed E-state index contributed by atoms with van der Waals surface area (Å²) in [7, 11) is 0. The van der Waals surface area contributed by atoms with Crippen molar-refractivity contribution in [3.63, 3.8) is 0 Å². The second-order valence-electron chi connectivity index (χ2n) is 10.2. The molecule has 0 amide bonds. The fourth-order valence-corrected chi connectivity index (χ4v) is 4.52. The van der Waals surface area contributed by atoms with Crippen molar-refractivity contribution in [2.75, 3.05) is 0 Å². The Balaban J connectivity index is 2.23. The Kier molecular flexibility index (Phi) is 4.27. The molecule has 2 aromatic rings. The number of halogens is 1. The zero-order chi connectivity index (χ0) is 18.8. The molecule has 134 valence electrons. The van der Waals surface area contributed by atoms with Crippen LogP contribution in [-0.4, -0.2) is 0 Å². The standard InChI is InChI=1S/C24H31Br/c1-22(2,3)16-10-9-15-11-18-20(24(7,8)19(15)12-16)13-17(14-21(18)25)23(4,5)6/h9-10,12-14H,11H2,1-8H3. The van der Waals surface area contributed by atoms with Crippen LogP contribution in [0.1, 0.15) is 88.8 Å². The fraction of sp³-hybridized carbons (Fsp3) is 0.500. The van der Waals surface area contributed by atoms with Gasteiger partial charge in [0, 0.05) is 9.89 Å². The van der Waals surface area contributed by atoms with Gasteiger partial charge in [-0.25, -0.2) is 0 Å². The van der Waals surface area contributed by atoms with Crippen molar-refractivity contribution in [2.45, 2.75) is 78.1 Å².